The largest absolute Gasteiger partial charge is 1.00 e. The van der Waals surface area contributed by atoms with Crippen LogP contribution in [0.5, 0.6) is 5.75 Å². The Morgan fingerprint density at radius 1 is 1.18 bits per heavy atom. The van der Waals surface area contributed by atoms with Crippen LogP contribution < -0.4 is 34.7 Å². The molecule has 1 aromatic carbocycles. The van der Waals surface area contributed by atoms with Crippen LogP contribution in [0.1, 0.15) is 0 Å². The topological polar surface area (TPSA) is 23.1 Å². The van der Waals surface area contributed by atoms with Crippen molar-refractivity contribution < 1.29 is 43.4 Å². The van der Waals surface area contributed by atoms with Crippen LogP contribution in [0.15, 0.2) is 16.6 Å². The molecule has 54 valence electrons. The fraction of sp³-hybridized carbons (Fsp3) is 0. The number of hydrogen-bond acceptors (Lipinski definition) is 1. The molecule has 5 heteroatoms. The van der Waals surface area contributed by atoms with Gasteiger partial charge in [0.15, 0.2) is 0 Å². The zero-order valence-corrected chi connectivity index (χ0v) is 9.28. The van der Waals surface area contributed by atoms with Gasteiger partial charge in [-0.15, -0.1) is 0 Å². The maximum atomic E-state index is 12.3. The van der Waals surface area contributed by atoms with Gasteiger partial charge in [-0.05, 0) is 17.9 Å². The summed E-state index contributed by atoms with van der Waals surface area (Å²) >= 11 is 2.83. The molecular weight excluding hydrogens is 229 g/mol. The van der Waals surface area contributed by atoms with Gasteiger partial charge >= 0.3 is 29.6 Å². The Bertz CT molecular complexity index is 244. The van der Waals surface area contributed by atoms with E-state index >= 15 is 0 Å². The van der Waals surface area contributed by atoms with Crippen LogP contribution in [0, 0.1) is 11.6 Å². The summed E-state index contributed by atoms with van der Waals surface area (Å²) in [4.78, 5) is 0. The second kappa shape index (κ2) is 4.40. The Morgan fingerprint density at radius 3 is 1.91 bits per heavy atom. The normalized spacial score (nSPS) is 9.00. The van der Waals surface area contributed by atoms with E-state index in [-0.39, 0.29) is 34.0 Å². The Morgan fingerprint density at radius 2 is 1.55 bits per heavy atom. The molecule has 0 bridgehead atoms. The van der Waals surface area contributed by atoms with Crippen LogP contribution in [-0.2, 0) is 0 Å². The van der Waals surface area contributed by atoms with Gasteiger partial charge in [0.2, 0.25) is 0 Å². The van der Waals surface area contributed by atoms with E-state index in [1.165, 1.54) is 0 Å². The second-order valence-corrected chi connectivity index (χ2v) is 2.61. The Kier molecular flexibility index (Phi) is 4.55. The van der Waals surface area contributed by atoms with Crippen LogP contribution in [0.2, 0.25) is 0 Å². The van der Waals surface area contributed by atoms with Gasteiger partial charge in [0.05, 0.1) is 0 Å². The van der Waals surface area contributed by atoms with E-state index in [0.717, 1.165) is 12.1 Å². The average Bonchev–Trinajstić information content (AvgIpc) is 1.82. The summed E-state index contributed by atoms with van der Waals surface area (Å²) in [6.45, 7) is 0. The SMILES string of the molecule is [Na+].[O-]c1c(F)cc(Br)cc1F. The van der Waals surface area contributed by atoms with Crippen LogP contribution in [0.3, 0.4) is 0 Å². The Balaban J connectivity index is 0.000001000. The molecule has 0 aliphatic carbocycles. The van der Waals surface area contributed by atoms with E-state index in [1.807, 2.05) is 0 Å². The van der Waals surface area contributed by atoms with E-state index in [0.29, 0.717) is 0 Å². The monoisotopic (exact) mass is 230 g/mol. The maximum Gasteiger partial charge on any atom is 1.00 e. The molecule has 0 spiro atoms. The Labute approximate surface area is 92.8 Å². The van der Waals surface area contributed by atoms with Gasteiger partial charge in [-0.2, -0.15) is 0 Å². The fourth-order valence-electron chi connectivity index (χ4n) is 0.529. The second-order valence-electron chi connectivity index (χ2n) is 1.70. The van der Waals surface area contributed by atoms with Crippen molar-refractivity contribution in [1.29, 1.82) is 0 Å². The first-order valence-electron chi connectivity index (χ1n) is 2.43. The molecule has 0 radical (unpaired) electrons. The molecule has 0 N–H and O–H groups in total. The van der Waals surface area contributed by atoms with Crippen LogP contribution in [0.4, 0.5) is 8.78 Å². The Hall–Kier alpha value is 0.360. The summed E-state index contributed by atoms with van der Waals surface area (Å²) in [5.74, 6) is -3.35. The van der Waals surface area contributed by atoms with Crippen molar-refractivity contribution in [1.82, 2.24) is 0 Å². The summed E-state index contributed by atoms with van der Waals surface area (Å²) < 4.78 is 24.7. The third-order valence-corrected chi connectivity index (χ3v) is 1.42. The minimum Gasteiger partial charge on any atom is -0.869 e. The summed E-state index contributed by atoms with van der Waals surface area (Å²) in [6.07, 6.45) is 0. The molecule has 11 heavy (non-hydrogen) atoms. The molecule has 0 aliphatic heterocycles. The quantitative estimate of drug-likeness (QED) is 0.514. The summed E-state index contributed by atoms with van der Waals surface area (Å²) in [5.41, 5.74) is 0. The van der Waals surface area contributed by atoms with E-state index < -0.39 is 17.4 Å². The molecule has 0 aliphatic rings. The number of hydrogen-bond donors (Lipinski definition) is 0. The fourth-order valence-corrected chi connectivity index (χ4v) is 0.931. The van der Waals surface area contributed by atoms with Gasteiger partial charge in [0.25, 0.3) is 0 Å². The molecule has 0 heterocycles. The molecule has 1 aromatic rings. The van der Waals surface area contributed by atoms with Gasteiger partial charge in [0.1, 0.15) is 11.6 Å². The minimum absolute atomic E-state index is 0. The number of rotatable bonds is 0. The van der Waals surface area contributed by atoms with Gasteiger partial charge in [-0.3, -0.25) is 0 Å². The van der Waals surface area contributed by atoms with Gasteiger partial charge in [-0.1, -0.05) is 15.9 Å². The molecule has 1 nitrogen and oxygen atoms in total. The number of benzene rings is 1. The zero-order valence-electron chi connectivity index (χ0n) is 5.70. The minimum atomic E-state index is -1.19. The van der Waals surface area contributed by atoms with Crippen molar-refractivity contribution >= 4 is 15.9 Å². The molecule has 0 saturated heterocycles. The van der Waals surface area contributed by atoms with Gasteiger partial charge in [0, 0.05) is 4.47 Å². The summed E-state index contributed by atoms with van der Waals surface area (Å²) in [5, 5.41) is 10.3. The van der Waals surface area contributed by atoms with Crippen molar-refractivity contribution in [3.63, 3.8) is 0 Å². The van der Waals surface area contributed by atoms with E-state index in [9.17, 15) is 13.9 Å². The van der Waals surface area contributed by atoms with E-state index in [2.05, 4.69) is 15.9 Å². The average molecular weight is 231 g/mol. The molecular formula is C6H2BrF2NaO. The van der Waals surface area contributed by atoms with Crippen LogP contribution in [-0.4, -0.2) is 0 Å². The maximum absolute atomic E-state index is 12.3. The number of halogens is 3. The molecule has 0 saturated carbocycles. The van der Waals surface area contributed by atoms with Gasteiger partial charge < -0.3 is 5.11 Å². The van der Waals surface area contributed by atoms with Crippen molar-refractivity contribution in [2.75, 3.05) is 0 Å². The van der Waals surface area contributed by atoms with Crippen molar-refractivity contribution in [3.05, 3.63) is 28.2 Å². The first-order chi connectivity index (χ1) is 4.61. The smallest absolute Gasteiger partial charge is 0.869 e. The molecule has 1 rings (SSSR count). The predicted octanol–water partition coefficient (Wildman–Crippen LogP) is -1.20. The van der Waals surface area contributed by atoms with Crippen molar-refractivity contribution in [2.24, 2.45) is 0 Å². The molecule has 0 unspecified atom stereocenters. The summed E-state index contributed by atoms with van der Waals surface area (Å²) in [7, 11) is 0. The third kappa shape index (κ3) is 2.71. The molecule has 0 aromatic heterocycles. The summed E-state index contributed by atoms with van der Waals surface area (Å²) in [6, 6.07) is 1.84. The van der Waals surface area contributed by atoms with Crippen LogP contribution in [0.25, 0.3) is 0 Å². The first-order valence-corrected chi connectivity index (χ1v) is 3.22. The van der Waals surface area contributed by atoms with Crippen molar-refractivity contribution in [3.8, 4) is 5.75 Å². The molecule has 0 amide bonds. The van der Waals surface area contributed by atoms with E-state index in [4.69, 9.17) is 0 Å². The zero-order chi connectivity index (χ0) is 7.72. The van der Waals surface area contributed by atoms with Gasteiger partial charge in [-0.25, -0.2) is 8.78 Å². The van der Waals surface area contributed by atoms with Crippen LogP contribution >= 0.6 is 15.9 Å². The third-order valence-electron chi connectivity index (χ3n) is 0.963. The molecule has 0 fully saturated rings. The first kappa shape index (κ1) is 11.4. The van der Waals surface area contributed by atoms with E-state index in [1.54, 1.807) is 0 Å². The predicted molar refractivity (Wildman–Crippen MR) is 33.5 cm³/mol. The van der Waals surface area contributed by atoms with Crippen molar-refractivity contribution in [2.45, 2.75) is 0 Å². The molecule has 0 atom stereocenters. The standard InChI is InChI=1S/C6H3BrF2O.Na/c7-3-1-4(8)6(10)5(9)2-3;/h1-2,10H;/q;+1/p-1.